The summed E-state index contributed by atoms with van der Waals surface area (Å²) in [4.78, 5) is 38.8. The van der Waals surface area contributed by atoms with Gasteiger partial charge in [0.15, 0.2) is 6.61 Å². The van der Waals surface area contributed by atoms with E-state index >= 15 is 0 Å². The van der Waals surface area contributed by atoms with Crippen molar-refractivity contribution in [3.63, 3.8) is 0 Å². The second-order valence-corrected chi connectivity index (χ2v) is 7.11. The molecule has 0 spiro atoms. The van der Waals surface area contributed by atoms with Crippen molar-refractivity contribution >= 4 is 40.9 Å². The molecule has 0 radical (unpaired) electrons. The van der Waals surface area contributed by atoms with Gasteiger partial charge in [0, 0.05) is 23.2 Å². The molecule has 0 bridgehead atoms. The summed E-state index contributed by atoms with van der Waals surface area (Å²) in [6.45, 7) is 3.72. The highest BCUT2D eigenvalue weighted by Crippen LogP contribution is 2.13. The van der Waals surface area contributed by atoms with Gasteiger partial charge in [-0.3, -0.25) is 9.59 Å². The highest BCUT2D eigenvalue weighted by molar-refractivity contribution is 7.10. The van der Waals surface area contributed by atoms with Gasteiger partial charge in [-0.25, -0.2) is 4.79 Å². The maximum Gasteiger partial charge on any atom is 0.331 e. The molecule has 0 aliphatic carbocycles. The fourth-order valence-corrected chi connectivity index (χ4v) is 3.06. The van der Waals surface area contributed by atoms with Crippen molar-refractivity contribution in [3.05, 3.63) is 58.3 Å². The first-order chi connectivity index (χ1) is 13.5. The van der Waals surface area contributed by atoms with Gasteiger partial charge in [-0.15, -0.1) is 11.3 Å². The molecule has 0 aliphatic heterocycles. The lowest BCUT2D eigenvalue weighted by Gasteiger charge is -2.21. The molecule has 148 valence electrons. The lowest BCUT2D eigenvalue weighted by atomic mass is 10.2. The van der Waals surface area contributed by atoms with E-state index in [0.29, 0.717) is 18.7 Å². The Hall–Kier alpha value is -2.93. The number of nitrogens with zero attached hydrogens (tertiary/aromatic N) is 1. The largest absolute Gasteiger partial charge is 0.452 e. The summed E-state index contributed by atoms with van der Waals surface area (Å²) >= 11 is 1.50. The number of anilines is 1. The Morgan fingerprint density at radius 3 is 2.64 bits per heavy atom. The molecule has 0 saturated heterocycles. The number of nitrogens with one attached hydrogen (secondary N) is 1. The molecule has 0 fully saturated rings. The number of carbonyl (C=O) groups excluding carboxylic acids is 3. The fraction of sp³-hybridized carbons (Fsp3) is 0.286. The number of amides is 2. The van der Waals surface area contributed by atoms with Gasteiger partial charge in [0.1, 0.15) is 0 Å². The number of esters is 1. The zero-order valence-corrected chi connectivity index (χ0v) is 16.8. The molecule has 1 heterocycles. The minimum Gasteiger partial charge on any atom is -0.452 e. The first kappa shape index (κ1) is 21.4. The third-order valence-electron chi connectivity index (χ3n) is 3.86. The van der Waals surface area contributed by atoms with Crippen LogP contribution in [-0.2, 0) is 19.1 Å². The summed E-state index contributed by atoms with van der Waals surface area (Å²) < 4.78 is 5.00. The molecule has 7 heteroatoms. The van der Waals surface area contributed by atoms with Crippen LogP contribution in [0.2, 0.25) is 0 Å². The van der Waals surface area contributed by atoms with Crippen molar-refractivity contribution in [2.24, 2.45) is 0 Å². The summed E-state index contributed by atoms with van der Waals surface area (Å²) in [5.74, 6) is -1.29. The first-order valence-corrected chi connectivity index (χ1v) is 9.89. The van der Waals surface area contributed by atoms with E-state index in [-0.39, 0.29) is 12.5 Å². The number of hydrogen-bond acceptors (Lipinski definition) is 5. The zero-order valence-electron chi connectivity index (χ0n) is 16.0. The van der Waals surface area contributed by atoms with Gasteiger partial charge in [0.05, 0.1) is 6.54 Å². The summed E-state index contributed by atoms with van der Waals surface area (Å²) in [6, 6.07) is 11.2. The van der Waals surface area contributed by atoms with Crippen molar-refractivity contribution in [2.75, 3.05) is 25.0 Å². The predicted octanol–water partition coefficient (Wildman–Crippen LogP) is 3.49. The molecule has 0 unspecified atom stereocenters. The maximum atomic E-state index is 12.4. The monoisotopic (exact) mass is 400 g/mol. The Labute approximate surface area is 168 Å². The third kappa shape index (κ3) is 7.00. The molecular formula is C21H24N2O4S. The first-order valence-electron chi connectivity index (χ1n) is 9.01. The summed E-state index contributed by atoms with van der Waals surface area (Å²) in [7, 11) is 0. The average Bonchev–Trinajstić information content (AvgIpc) is 3.19. The van der Waals surface area contributed by atoms with Crippen molar-refractivity contribution in [1.82, 2.24) is 4.90 Å². The lowest BCUT2D eigenvalue weighted by Crippen LogP contribution is -2.40. The Balaban J connectivity index is 1.85. The maximum absolute atomic E-state index is 12.4. The van der Waals surface area contributed by atoms with Crippen molar-refractivity contribution in [1.29, 1.82) is 0 Å². The molecule has 2 rings (SSSR count). The Bertz CT molecular complexity index is 831. The average molecular weight is 401 g/mol. The van der Waals surface area contributed by atoms with E-state index in [1.165, 1.54) is 22.3 Å². The standard InChI is InChI=1S/C21H24N2O4S/c1-3-12-23(14-19(24)22-18-9-5-4-7-16(18)2)20(25)15-27-21(26)11-10-17-8-6-13-28-17/h4-11,13H,3,12,14-15H2,1-2H3,(H,22,24)/b11-10+. The number of carbonyl (C=O) groups is 3. The second kappa shape index (κ2) is 11.0. The van der Waals surface area contributed by atoms with Crippen LogP contribution in [-0.4, -0.2) is 42.4 Å². The van der Waals surface area contributed by atoms with Gasteiger partial charge < -0.3 is 15.0 Å². The zero-order chi connectivity index (χ0) is 20.4. The van der Waals surface area contributed by atoms with E-state index < -0.39 is 18.5 Å². The number of rotatable bonds is 9. The quantitative estimate of drug-likeness (QED) is 0.516. The minimum absolute atomic E-state index is 0.0937. The van der Waals surface area contributed by atoms with Crippen LogP contribution in [0.25, 0.3) is 6.08 Å². The molecule has 28 heavy (non-hydrogen) atoms. The van der Waals surface area contributed by atoms with Gasteiger partial charge in [-0.2, -0.15) is 0 Å². The molecule has 0 atom stereocenters. The van der Waals surface area contributed by atoms with E-state index in [1.807, 2.05) is 49.6 Å². The van der Waals surface area contributed by atoms with Crippen molar-refractivity contribution in [3.8, 4) is 0 Å². The molecule has 1 aromatic heterocycles. The van der Waals surface area contributed by atoms with Crippen LogP contribution in [0.4, 0.5) is 5.69 Å². The molecule has 2 aromatic rings. The lowest BCUT2D eigenvalue weighted by molar-refractivity contribution is -0.148. The van der Waals surface area contributed by atoms with Crippen LogP contribution in [0.15, 0.2) is 47.9 Å². The van der Waals surface area contributed by atoms with Gasteiger partial charge in [0.2, 0.25) is 5.91 Å². The Kier molecular flexibility index (Phi) is 8.42. The van der Waals surface area contributed by atoms with Gasteiger partial charge >= 0.3 is 5.97 Å². The molecule has 1 aromatic carbocycles. The van der Waals surface area contributed by atoms with Crippen molar-refractivity contribution in [2.45, 2.75) is 20.3 Å². The van der Waals surface area contributed by atoms with E-state index in [0.717, 1.165) is 10.4 Å². The Morgan fingerprint density at radius 2 is 1.96 bits per heavy atom. The normalized spacial score (nSPS) is 10.6. The molecule has 6 nitrogen and oxygen atoms in total. The molecule has 2 amide bonds. The van der Waals surface area contributed by atoms with Gasteiger partial charge in [-0.1, -0.05) is 31.2 Å². The molecule has 0 aliphatic rings. The number of aryl methyl sites for hydroxylation is 1. The highest BCUT2D eigenvalue weighted by atomic mass is 32.1. The summed E-state index contributed by atoms with van der Waals surface area (Å²) in [5.41, 5.74) is 1.65. The molecular weight excluding hydrogens is 376 g/mol. The molecule has 0 saturated carbocycles. The number of thiophene rings is 1. The second-order valence-electron chi connectivity index (χ2n) is 6.13. The summed E-state index contributed by atoms with van der Waals surface area (Å²) in [5, 5.41) is 4.71. The number of para-hydroxylation sites is 1. The van der Waals surface area contributed by atoms with Crippen LogP contribution < -0.4 is 5.32 Å². The highest BCUT2D eigenvalue weighted by Gasteiger charge is 2.18. The van der Waals surface area contributed by atoms with E-state index in [9.17, 15) is 14.4 Å². The van der Waals surface area contributed by atoms with Crippen LogP contribution in [0.5, 0.6) is 0 Å². The molecule has 1 N–H and O–H groups in total. The SMILES string of the molecule is CCCN(CC(=O)Nc1ccccc1C)C(=O)COC(=O)/C=C/c1cccs1. The predicted molar refractivity (Wildman–Crippen MR) is 111 cm³/mol. The van der Waals surface area contributed by atoms with Crippen LogP contribution in [0, 0.1) is 6.92 Å². The number of benzene rings is 1. The smallest absolute Gasteiger partial charge is 0.331 e. The van der Waals surface area contributed by atoms with Crippen LogP contribution in [0.3, 0.4) is 0 Å². The fourth-order valence-electron chi connectivity index (χ4n) is 2.45. The van der Waals surface area contributed by atoms with Gasteiger partial charge in [-0.05, 0) is 42.5 Å². The van der Waals surface area contributed by atoms with E-state index in [4.69, 9.17) is 4.74 Å². The number of hydrogen-bond donors (Lipinski definition) is 1. The van der Waals surface area contributed by atoms with E-state index in [1.54, 1.807) is 12.1 Å². The van der Waals surface area contributed by atoms with Crippen LogP contribution >= 0.6 is 11.3 Å². The van der Waals surface area contributed by atoms with Gasteiger partial charge in [0.25, 0.3) is 5.91 Å². The summed E-state index contributed by atoms with van der Waals surface area (Å²) in [6.07, 6.45) is 3.61. The van der Waals surface area contributed by atoms with Crippen LogP contribution in [0.1, 0.15) is 23.8 Å². The number of ether oxygens (including phenoxy) is 1. The minimum atomic E-state index is -0.595. The van der Waals surface area contributed by atoms with Crippen molar-refractivity contribution < 1.29 is 19.1 Å². The Morgan fingerprint density at radius 1 is 1.18 bits per heavy atom. The topological polar surface area (TPSA) is 75.7 Å². The third-order valence-corrected chi connectivity index (χ3v) is 4.70. The van der Waals surface area contributed by atoms with E-state index in [2.05, 4.69) is 5.32 Å².